The number of hydrogen-bond donors (Lipinski definition) is 1. The van der Waals surface area contributed by atoms with Gasteiger partial charge in [-0.05, 0) is 25.0 Å². The van der Waals surface area contributed by atoms with Gasteiger partial charge in [-0.25, -0.2) is 4.98 Å². The van der Waals surface area contributed by atoms with Gasteiger partial charge in [0.1, 0.15) is 5.82 Å². The first kappa shape index (κ1) is 17.7. The van der Waals surface area contributed by atoms with Crippen LogP contribution in [-0.4, -0.2) is 79.0 Å². The number of pyridine rings is 1. The zero-order chi connectivity index (χ0) is 17.6. The number of amides is 2. The molecule has 136 valence electrons. The summed E-state index contributed by atoms with van der Waals surface area (Å²) in [4.78, 5) is 34.7. The Morgan fingerprint density at radius 1 is 1.12 bits per heavy atom. The standard InChI is InChI=1S/C18H27N5O2/c1-15(24)22-13-11-21(12-14-22)10-7-20-18(25)16-5-4-6-19-17(16)23-8-2-3-9-23/h4-6H,2-3,7-14H2,1H3,(H,20,25). The lowest BCUT2D eigenvalue weighted by Gasteiger charge is -2.34. The number of nitrogens with one attached hydrogen (secondary N) is 1. The smallest absolute Gasteiger partial charge is 0.255 e. The SMILES string of the molecule is CC(=O)N1CCN(CCNC(=O)c2cccnc2N2CCCC2)CC1. The molecule has 1 N–H and O–H groups in total. The highest BCUT2D eigenvalue weighted by atomic mass is 16.2. The van der Waals surface area contributed by atoms with Crippen molar-refractivity contribution in [1.82, 2.24) is 20.1 Å². The van der Waals surface area contributed by atoms with Gasteiger partial charge in [0.15, 0.2) is 0 Å². The van der Waals surface area contributed by atoms with Crippen molar-refractivity contribution >= 4 is 17.6 Å². The fourth-order valence-corrected chi connectivity index (χ4v) is 3.46. The maximum Gasteiger partial charge on any atom is 0.255 e. The van der Waals surface area contributed by atoms with Gasteiger partial charge in [-0.1, -0.05) is 0 Å². The van der Waals surface area contributed by atoms with Crippen LogP contribution in [-0.2, 0) is 4.79 Å². The molecule has 0 radical (unpaired) electrons. The van der Waals surface area contributed by atoms with Crippen molar-refractivity contribution in [3.63, 3.8) is 0 Å². The number of piperazine rings is 1. The molecule has 7 heteroatoms. The number of anilines is 1. The number of hydrogen-bond acceptors (Lipinski definition) is 5. The van der Waals surface area contributed by atoms with Crippen LogP contribution >= 0.6 is 0 Å². The predicted molar refractivity (Wildman–Crippen MR) is 96.7 cm³/mol. The zero-order valence-corrected chi connectivity index (χ0v) is 14.9. The van der Waals surface area contributed by atoms with Gasteiger partial charge in [-0.15, -0.1) is 0 Å². The van der Waals surface area contributed by atoms with E-state index in [0.29, 0.717) is 12.1 Å². The van der Waals surface area contributed by atoms with Crippen LogP contribution in [0.25, 0.3) is 0 Å². The second kappa shape index (κ2) is 8.29. The second-order valence-corrected chi connectivity index (χ2v) is 6.67. The minimum absolute atomic E-state index is 0.0580. The lowest BCUT2D eigenvalue weighted by molar-refractivity contribution is -0.130. The van der Waals surface area contributed by atoms with E-state index in [-0.39, 0.29) is 11.8 Å². The molecule has 0 unspecified atom stereocenters. The van der Waals surface area contributed by atoms with E-state index in [0.717, 1.165) is 64.5 Å². The van der Waals surface area contributed by atoms with Crippen LogP contribution < -0.4 is 10.2 Å². The van der Waals surface area contributed by atoms with Gasteiger partial charge in [0.05, 0.1) is 5.56 Å². The van der Waals surface area contributed by atoms with E-state index < -0.39 is 0 Å². The van der Waals surface area contributed by atoms with Gasteiger partial charge in [0.2, 0.25) is 5.91 Å². The Morgan fingerprint density at radius 2 is 1.84 bits per heavy atom. The van der Waals surface area contributed by atoms with Gasteiger partial charge in [-0.3, -0.25) is 14.5 Å². The molecule has 0 saturated carbocycles. The molecular weight excluding hydrogens is 318 g/mol. The Balaban J connectivity index is 1.48. The molecule has 3 rings (SSSR count). The van der Waals surface area contributed by atoms with Crippen molar-refractivity contribution in [1.29, 1.82) is 0 Å². The second-order valence-electron chi connectivity index (χ2n) is 6.67. The summed E-state index contributed by atoms with van der Waals surface area (Å²) in [5.41, 5.74) is 0.658. The number of aromatic nitrogens is 1. The maximum atomic E-state index is 12.6. The molecule has 0 aromatic carbocycles. The molecule has 0 bridgehead atoms. The molecule has 0 spiro atoms. The fraction of sp³-hybridized carbons (Fsp3) is 0.611. The highest BCUT2D eigenvalue weighted by Gasteiger charge is 2.21. The number of nitrogens with zero attached hydrogens (tertiary/aromatic N) is 4. The van der Waals surface area contributed by atoms with Crippen LogP contribution in [0.2, 0.25) is 0 Å². The molecule has 0 aliphatic carbocycles. The molecule has 7 nitrogen and oxygen atoms in total. The van der Waals surface area contributed by atoms with Crippen LogP contribution in [0.3, 0.4) is 0 Å². The Bertz CT molecular complexity index is 607. The summed E-state index contributed by atoms with van der Waals surface area (Å²) in [6, 6.07) is 3.66. The van der Waals surface area contributed by atoms with E-state index in [1.54, 1.807) is 13.1 Å². The van der Waals surface area contributed by atoms with E-state index in [2.05, 4.69) is 20.1 Å². The molecule has 2 saturated heterocycles. The molecular formula is C18H27N5O2. The fourth-order valence-electron chi connectivity index (χ4n) is 3.46. The third-order valence-electron chi connectivity index (χ3n) is 4.97. The molecule has 2 aliphatic rings. The van der Waals surface area contributed by atoms with Crippen molar-refractivity contribution in [2.45, 2.75) is 19.8 Å². The van der Waals surface area contributed by atoms with Crippen LogP contribution in [0, 0.1) is 0 Å². The molecule has 1 aromatic heterocycles. The van der Waals surface area contributed by atoms with Crippen LogP contribution in [0.1, 0.15) is 30.1 Å². The van der Waals surface area contributed by atoms with E-state index in [9.17, 15) is 9.59 Å². The maximum absolute atomic E-state index is 12.6. The molecule has 1 aromatic rings. The third-order valence-corrected chi connectivity index (χ3v) is 4.97. The first-order valence-corrected chi connectivity index (χ1v) is 9.11. The Labute approximate surface area is 149 Å². The van der Waals surface area contributed by atoms with Gasteiger partial charge in [-0.2, -0.15) is 0 Å². The molecule has 25 heavy (non-hydrogen) atoms. The predicted octanol–water partition coefficient (Wildman–Crippen LogP) is 0.576. The lowest BCUT2D eigenvalue weighted by Crippen LogP contribution is -2.49. The summed E-state index contributed by atoms with van der Waals surface area (Å²) in [5.74, 6) is 0.879. The molecule has 3 heterocycles. The van der Waals surface area contributed by atoms with Gasteiger partial charge in [0.25, 0.3) is 5.91 Å². The topological polar surface area (TPSA) is 68.8 Å². The summed E-state index contributed by atoms with van der Waals surface area (Å²) in [6.45, 7) is 8.22. The van der Waals surface area contributed by atoms with Crippen molar-refractivity contribution in [3.8, 4) is 0 Å². The van der Waals surface area contributed by atoms with Crippen molar-refractivity contribution in [2.75, 3.05) is 57.3 Å². The number of carbonyl (C=O) groups is 2. The monoisotopic (exact) mass is 345 g/mol. The van der Waals surface area contributed by atoms with Gasteiger partial charge < -0.3 is 15.1 Å². The Kier molecular flexibility index (Phi) is 5.86. The van der Waals surface area contributed by atoms with Crippen LogP contribution in [0.15, 0.2) is 18.3 Å². The van der Waals surface area contributed by atoms with E-state index in [1.165, 1.54) is 0 Å². The normalized spacial score (nSPS) is 18.4. The molecule has 2 amide bonds. The largest absolute Gasteiger partial charge is 0.356 e. The number of rotatable bonds is 5. The third kappa shape index (κ3) is 4.48. The quantitative estimate of drug-likeness (QED) is 0.845. The summed E-state index contributed by atoms with van der Waals surface area (Å²) < 4.78 is 0. The van der Waals surface area contributed by atoms with Crippen LogP contribution in [0.5, 0.6) is 0 Å². The first-order valence-electron chi connectivity index (χ1n) is 9.11. The van der Waals surface area contributed by atoms with E-state index >= 15 is 0 Å². The van der Waals surface area contributed by atoms with Crippen molar-refractivity contribution < 1.29 is 9.59 Å². The van der Waals surface area contributed by atoms with Crippen molar-refractivity contribution in [3.05, 3.63) is 23.9 Å². The van der Waals surface area contributed by atoms with Gasteiger partial charge >= 0.3 is 0 Å². The summed E-state index contributed by atoms with van der Waals surface area (Å²) >= 11 is 0. The van der Waals surface area contributed by atoms with Crippen molar-refractivity contribution in [2.24, 2.45) is 0 Å². The summed E-state index contributed by atoms with van der Waals surface area (Å²) in [6.07, 6.45) is 4.06. The molecule has 0 atom stereocenters. The van der Waals surface area contributed by atoms with Gasteiger partial charge in [0, 0.05) is 65.5 Å². The molecule has 2 aliphatic heterocycles. The Morgan fingerprint density at radius 3 is 2.52 bits per heavy atom. The highest BCUT2D eigenvalue weighted by molar-refractivity contribution is 5.98. The average molecular weight is 345 g/mol. The van der Waals surface area contributed by atoms with E-state index in [1.807, 2.05) is 17.0 Å². The minimum atomic E-state index is -0.0580. The molecule has 2 fully saturated rings. The minimum Gasteiger partial charge on any atom is -0.356 e. The average Bonchev–Trinajstić information content (AvgIpc) is 3.16. The Hall–Kier alpha value is -2.15. The number of carbonyl (C=O) groups excluding carboxylic acids is 2. The summed E-state index contributed by atoms with van der Waals surface area (Å²) in [7, 11) is 0. The highest BCUT2D eigenvalue weighted by Crippen LogP contribution is 2.21. The summed E-state index contributed by atoms with van der Waals surface area (Å²) in [5, 5.41) is 3.02. The van der Waals surface area contributed by atoms with E-state index in [4.69, 9.17) is 0 Å². The van der Waals surface area contributed by atoms with Crippen LogP contribution in [0.4, 0.5) is 5.82 Å². The zero-order valence-electron chi connectivity index (χ0n) is 14.9. The first-order chi connectivity index (χ1) is 12.1. The lowest BCUT2D eigenvalue weighted by atomic mass is 10.2.